The van der Waals surface area contributed by atoms with Crippen molar-refractivity contribution in [1.82, 2.24) is 4.90 Å². The number of β-amino-alcohol motifs (C(OH)–C–C–N with tert-alkyl or cyclic N) is 1. The van der Waals surface area contributed by atoms with Crippen LogP contribution in [-0.2, 0) is 9.31 Å². The van der Waals surface area contributed by atoms with E-state index in [-0.39, 0.29) is 6.03 Å². The number of rotatable bonds is 2. The Hall–Kier alpha value is -1.57. The zero-order chi connectivity index (χ0) is 17.7. The van der Waals surface area contributed by atoms with Crippen LogP contribution in [0.15, 0.2) is 18.2 Å². The van der Waals surface area contributed by atoms with Crippen molar-refractivity contribution in [2.75, 3.05) is 18.4 Å². The molecule has 0 atom stereocenters. The van der Waals surface area contributed by atoms with Crippen LogP contribution < -0.4 is 10.8 Å². The maximum atomic E-state index is 12.2. The van der Waals surface area contributed by atoms with E-state index >= 15 is 0 Å². The fourth-order valence-electron chi connectivity index (χ4n) is 2.83. The van der Waals surface area contributed by atoms with E-state index in [1.807, 2.05) is 52.8 Å². The van der Waals surface area contributed by atoms with Crippen molar-refractivity contribution in [3.05, 3.63) is 23.8 Å². The molecule has 2 heterocycles. The Kier molecular flexibility index (Phi) is 4.14. The van der Waals surface area contributed by atoms with Crippen LogP contribution in [-0.4, -0.2) is 53.6 Å². The van der Waals surface area contributed by atoms with Gasteiger partial charge in [0.25, 0.3) is 0 Å². The highest BCUT2D eigenvalue weighted by atomic mass is 16.7. The lowest BCUT2D eigenvalue weighted by molar-refractivity contribution is 0.00578. The number of hydrogen-bond acceptors (Lipinski definition) is 4. The number of urea groups is 1. The lowest BCUT2D eigenvalue weighted by Crippen LogP contribution is -2.55. The van der Waals surface area contributed by atoms with Crippen molar-refractivity contribution < 1.29 is 19.2 Å². The first kappa shape index (κ1) is 17.3. The van der Waals surface area contributed by atoms with E-state index in [2.05, 4.69) is 5.32 Å². The zero-order valence-corrected chi connectivity index (χ0v) is 14.9. The molecule has 0 radical (unpaired) electrons. The lowest BCUT2D eigenvalue weighted by atomic mass is 9.76. The second-order valence-electron chi connectivity index (χ2n) is 7.60. The number of aliphatic hydroxyl groups excluding tert-OH is 1. The predicted octanol–water partition coefficient (Wildman–Crippen LogP) is 1.50. The van der Waals surface area contributed by atoms with Crippen LogP contribution in [0.4, 0.5) is 10.5 Å². The molecule has 2 amide bonds. The standard InChI is InChI=1S/C17H25BN2O4/c1-11-13(18-23-16(2,3)17(4,5)24-18)7-6-8-14(11)19-15(22)20-9-12(21)10-20/h6-8,12,21H,9-10H2,1-5H3,(H,19,22). The number of carbonyl (C=O) groups is 1. The number of hydrogen-bond donors (Lipinski definition) is 2. The van der Waals surface area contributed by atoms with E-state index in [1.165, 1.54) is 0 Å². The molecule has 2 fully saturated rings. The summed E-state index contributed by atoms with van der Waals surface area (Å²) in [7, 11) is -0.460. The van der Waals surface area contributed by atoms with Gasteiger partial charge in [-0.3, -0.25) is 0 Å². The smallest absolute Gasteiger partial charge is 0.399 e. The largest absolute Gasteiger partial charge is 0.495 e. The zero-order valence-electron chi connectivity index (χ0n) is 14.9. The van der Waals surface area contributed by atoms with Gasteiger partial charge >= 0.3 is 13.1 Å². The van der Waals surface area contributed by atoms with E-state index in [4.69, 9.17) is 9.31 Å². The molecule has 1 aromatic rings. The van der Waals surface area contributed by atoms with Gasteiger partial charge < -0.3 is 24.6 Å². The first-order valence-corrected chi connectivity index (χ1v) is 8.30. The Morgan fingerprint density at radius 3 is 2.38 bits per heavy atom. The third-order valence-electron chi connectivity index (χ3n) is 5.27. The molecular weight excluding hydrogens is 307 g/mol. The number of nitrogens with zero attached hydrogens (tertiary/aromatic N) is 1. The van der Waals surface area contributed by atoms with Gasteiger partial charge in [0.1, 0.15) is 0 Å². The van der Waals surface area contributed by atoms with Gasteiger partial charge in [-0.25, -0.2) is 4.79 Å². The van der Waals surface area contributed by atoms with Crippen LogP contribution in [0.3, 0.4) is 0 Å². The second-order valence-corrected chi connectivity index (χ2v) is 7.60. The highest BCUT2D eigenvalue weighted by molar-refractivity contribution is 6.62. The molecule has 6 nitrogen and oxygen atoms in total. The van der Waals surface area contributed by atoms with Gasteiger partial charge in [0, 0.05) is 5.69 Å². The van der Waals surface area contributed by atoms with Gasteiger partial charge in [0.2, 0.25) is 0 Å². The average Bonchev–Trinajstić information content (AvgIpc) is 2.66. The van der Waals surface area contributed by atoms with Gasteiger partial charge in [0.15, 0.2) is 0 Å². The van der Waals surface area contributed by atoms with E-state index in [0.717, 1.165) is 16.7 Å². The van der Waals surface area contributed by atoms with Crippen molar-refractivity contribution in [2.45, 2.75) is 51.9 Å². The maximum absolute atomic E-state index is 12.2. The van der Waals surface area contributed by atoms with Crippen LogP contribution >= 0.6 is 0 Å². The molecule has 7 heteroatoms. The van der Waals surface area contributed by atoms with Gasteiger partial charge in [-0.2, -0.15) is 0 Å². The normalized spacial score (nSPS) is 22.4. The summed E-state index contributed by atoms with van der Waals surface area (Å²) in [5.41, 5.74) is 1.75. The molecule has 0 aliphatic carbocycles. The number of likely N-dealkylation sites (tertiary alicyclic amines) is 1. The van der Waals surface area contributed by atoms with Crippen LogP contribution in [0, 0.1) is 6.92 Å². The Morgan fingerprint density at radius 1 is 1.25 bits per heavy atom. The molecule has 0 saturated carbocycles. The highest BCUT2D eigenvalue weighted by Crippen LogP contribution is 2.37. The fraction of sp³-hybridized carbons (Fsp3) is 0.588. The first-order chi connectivity index (χ1) is 11.1. The number of benzene rings is 1. The minimum Gasteiger partial charge on any atom is -0.399 e. The first-order valence-electron chi connectivity index (χ1n) is 8.30. The Bertz CT molecular complexity index is 640. The van der Waals surface area contributed by atoms with Crippen molar-refractivity contribution in [3.8, 4) is 0 Å². The SMILES string of the molecule is Cc1c(NC(=O)N2CC(O)C2)cccc1B1OC(C)(C)C(C)(C)O1. The summed E-state index contributed by atoms with van der Waals surface area (Å²) >= 11 is 0. The van der Waals surface area contributed by atoms with Crippen molar-refractivity contribution in [2.24, 2.45) is 0 Å². The Morgan fingerprint density at radius 2 is 1.83 bits per heavy atom. The molecule has 2 N–H and O–H groups in total. The van der Waals surface area contributed by atoms with E-state index < -0.39 is 24.4 Å². The highest BCUT2D eigenvalue weighted by Gasteiger charge is 2.52. The van der Waals surface area contributed by atoms with Crippen molar-refractivity contribution >= 4 is 24.3 Å². The molecular formula is C17H25BN2O4. The molecule has 0 unspecified atom stereocenters. The molecule has 1 aromatic carbocycles. The molecule has 0 bridgehead atoms. The Labute approximate surface area is 143 Å². The van der Waals surface area contributed by atoms with Gasteiger partial charge in [-0.15, -0.1) is 0 Å². The summed E-state index contributed by atoms with van der Waals surface area (Å²) in [6.07, 6.45) is -0.409. The third kappa shape index (κ3) is 2.92. The molecule has 0 aromatic heterocycles. The van der Waals surface area contributed by atoms with Crippen LogP contribution in [0.25, 0.3) is 0 Å². The number of amides is 2. The van der Waals surface area contributed by atoms with Gasteiger partial charge in [-0.05, 0) is 51.7 Å². The number of aliphatic hydroxyl groups is 1. The molecule has 3 rings (SSSR count). The maximum Gasteiger partial charge on any atom is 0.495 e. The summed E-state index contributed by atoms with van der Waals surface area (Å²) in [5, 5.41) is 12.2. The minimum atomic E-state index is -0.460. The molecule has 24 heavy (non-hydrogen) atoms. The predicted molar refractivity (Wildman–Crippen MR) is 93.5 cm³/mol. The van der Waals surface area contributed by atoms with Crippen LogP contribution in [0.5, 0.6) is 0 Å². The number of carbonyl (C=O) groups excluding carboxylic acids is 1. The summed E-state index contributed by atoms with van der Waals surface area (Å²) in [6.45, 7) is 10.8. The monoisotopic (exact) mass is 332 g/mol. The summed E-state index contributed by atoms with van der Waals surface area (Å²) in [6, 6.07) is 5.50. The second kappa shape index (κ2) is 5.76. The molecule has 2 saturated heterocycles. The molecule has 2 aliphatic heterocycles. The van der Waals surface area contributed by atoms with E-state index in [1.54, 1.807) is 4.90 Å². The van der Waals surface area contributed by atoms with Crippen LogP contribution in [0.2, 0.25) is 0 Å². The van der Waals surface area contributed by atoms with Gasteiger partial charge in [-0.1, -0.05) is 12.1 Å². The van der Waals surface area contributed by atoms with Crippen molar-refractivity contribution in [1.29, 1.82) is 0 Å². The fourth-order valence-corrected chi connectivity index (χ4v) is 2.83. The summed E-state index contributed by atoms with van der Waals surface area (Å²) in [4.78, 5) is 13.7. The lowest BCUT2D eigenvalue weighted by Gasteiger charge is -2.35. The quantitative estimate of drug-likeness (QED) is 0.806. The summed E-state index contributed by atoms with van der Waals surface area (Å²) in [5.74, 6) is 0. The van der Waals surface area contributed by atoms with Crippen LogP contribution in [0.1, 0.15) is 33.3 Å². The van der Waals surface area contributed by atoms with Gasteiger partial charge in [0.05, 0.1) is 30.4 Å². The Balaban J connectivity index is 1.78. The minimum absolute atomic E-state index is 0.200. The number of nitrogens with one attached hydrogen (secondary N) is 1. The van der Waals surface area contributed by atoms with Crippen molar-refractivity contribution in [3.63, 3.8) is 0 Å². The van der Waals surface area contributed by atoms with E-state index in [9.17, 15) is 9.90 Å². The molecule has 2 aliphatic rings. The third-order valence-corrected chi connectivity index (χ3v) is 5.27. The topological polar surface area (TPSA) is 71.0 Å². The molecule has 0 spiro atoms. The molecule has 130 valence electrons. The summed E-state index contributed by atoms with van der Waals surface area (Å²) < 4.78 is 12.2. The number of anilines is 1. The van der Waals surface area contributed by atoms with E-state index in [0.29, 0.717) is 13.1 Å². The average molecular weight is 332 g/mol.